The molecule has 0 atom stereocenters. The number of phenolic OH excluding ortho intramolecular Hbond substituents is 1. The summed E-state index contributed by atoms with van der Waals surface area (Å²) in [6, 6.07) is 3.75. The van der Waals surface area contributed by atoms with Crippen molar-refractivity contribution in [3.63, 3.8) is 0 Å². The lowest BCUT2D eigenvalue weighted by atomic mass is 10.1. The second kappa shape index (κ2) is 6.24. The van der Waals surface area contributed by atoms with Crippen LogP contribution >= 0.6 is 0 Å². The fourth-order valence-corrected chi connectivity index (χ4v) is 2.44. The van der Waals surface area contributed by atoms with Gasteiger partial charge in [-0.1, -0.05) is 0 Å². The summed E-state index contributed by atoms with van der Waals surface area (Å²) in [5, 5.41) is 12.5. The van der Waals surface area contributed by atoms with Crippen molar-refractivity contribution in [2.24, 2.45) is 5.73 Å². The number of likely N-dealkylation sites (tertiary alicyclic amines) is 1. The first-order chi connectivity index (χ1) is 9.45. The van der Waals surface area contributed by atoms with Crippen molar-refractivity contribution in [1.82, 2.24) is 4.90 Å². The molecule has 1 heterocycles. The molecule has 1 saturated heterocycles. The van der Waals surface area contributed by atoms with E-state index in [2.05, 4.69) is 10.2 Å². The molecule has 0 bridgehead atoms. The lowest BCUT2D eigenvalue weighted by molar-refractivity contribution is -0.117. The van der Waals surface area contributed by atoms with Gasteiger partial charge < -0.3 is 16.2 Å². The van der Waals surface area contributed by atoms with E-state index in [0.717, 1.165) is 42.7 Å². The van der Waals surface area contributed by atoms with Gasteiger partial charge in [0.25, 0.3) is 0 Å². The van der Waals surface area contributed by atoms with Crippen molar-refractivity contribution < 1.29 is 9.90 Å². The number of amides is 1. The van der Waals surface area contributed by atoms with Crippen molar-refractivity contribution in [2.75, 3.05) is 25.0 Å². The number of nitrogens with zero attached hydrogens (tertiary/aromatic N) is 1. The van der Waals surface area contributed by atoms with Gasteiger partial charge in [-0.15, -0.1) is 0 Å². The van der Waals surface area contributed by atoms with Crippen molar-refractivity contribution in [2.45, 2.75) is 32.7 Å². The number of rotatable bonds is 3. The van der Waals surface area contributed by atoms with Crippen LogP contribution in [-0.2, 0) is 4.79 Å². The maximum absolute atomic E-state index is 12.1. The molecule has 0 radical (unpaired) electrons. The van der Waals surface area contributed by atoms with E-state index in [1.807, 2.05) is 13.8 Å². The molecule has 1 aliphatic heterocycles. The molecule has 0 spiro atoms. The van der Waals surface area contributed by atoms with Gasteiger partial charge in [0.1, 0.15) is 5.75 Å². The third-order valence-electron chi connectivity index (χ3n) is 3.82. The van der Waals surface area contributed by atoms with E-state index in [4.69, 9.17) is 5.73 Å². The number of anilines is 1. The number of aryl methyl sites for hydroxylation is 2. The predicted molar refractivity (Wildman–Crippen MR) is 79.9 cm³/mol. The van der Waals surface area contributed by atoms with E-state index in [0.29, 0.717) is 6.54 Å². The average molecular weight is 277 g/mol. The van der Waals surface area contributed by atoms with Crippen LogP contribution in [0.1, 0.15) is 24.0 Å². The molecule has 5 nitrogen and oxygen atoms in total. The van der Waals surface area contributed by atoms with Gasteiger partial charge in [-0.05, 0) is 49.9 Å². The fraction of sp³-hybridized carbons (Fsp3) is 0.533. The quantitative estimate of drug-likeness (QED) is 0.729. The second-order valence-electron chi connectivity index (χ2n) is 5.62. The molecule has 0 saturated carbocycles. The maximum Gasteiger partial charge on any atom is 0.238 e. The average Bonchev–Trinajstić information content (AvgIpc) is 2.39. The van der Waals surface area contributed by atoms with Crippen LogP contribution in [0.25, 0.3) is 0 Å². The summed E-state index contributed by atoms with van der Waals surface area (Å²) >= 11 is 0. The third kappa shape index (κ3) is 3.71. The zero-order valence-corrected chi connectivity index (χ0v) is 12.1. The minimum absolute atomic E-state index is 0.0198. The summed E-state index contributed by atoms with van der Waals surface area (Å²) in [6.45, 7) is 5.83. The molecule has 0 aliphatic carbocycles. The van der Waals surface area contributed by atoms with Crippen molar-refractivity contribution in [3.05, 3.63) is 23.3 Å². The fourth-order valence-electron chi connectivity index (χ4n) is 2.44. The lowest BCUT2D eigenvalue weighted by Gasteiger charge is -2.29. The van der Waals surface area contributed by atoms with Crippen LogP contribution in [0.4, 0.5) is 5.69 Å². The molecule has 110 valence electrons. The number of piperidine rings is 1. The van der Waals surface area contributed by atoms with Crippen LogP contribution in [0.15, 0.2) is 12.1 Å². The Morgan fingerprint density at radius 3 is 2.65 bits per heavy atom. The number of hydrogen-bond acceptors (Lipinski definition) is 4. The van der Waals surface area contributed by atoms with Gasteiger partial charge >= 0.3 is 0 Å². The van der Waals surface area contributed by atoms with E-state index in [9.17, 15) is 9.90 Å². The molecule has 4 N–H and O–H groups in total. The highest BCUT2D eigenvalue weighted by Gasteiger charge is 2.18. The normalized spacial score (nSPS) is 17.1. The molecule has 20 heavy (non-hydrogen) atoms. The summed E-state index contributed by atoms with van der Waals surface area (Å²) in [5.41, 5.74) is 8.24. The Labute approximate surface area is 119 Å². The first-order valence-corrected chi connectivity index (χ1v) is 7.03. The number of hydrogen-bond donors (Lipinski definition) is 3. The Kier molecular flexibility index (Phi) is 4.62. The van der Waals surface area contributed by atoms with E-state index in [1.165, 1.54) is 0 Å². The smallest absolute Gasteiger partial charge is 0.238 e. The van der Waals surface area contributed by atoms with Gasteiger partial charge in [-0.2, -0.15) is 0 Å². The van der Waals surface area contributed by atoms with Crippen LogP contribution in [0, 0.1) is 13.8 Å². The van der Waals surface area contributed by atoms with Gasteiger partial charge in [0.05, 0.1) is 6.54 Å². The van der Waals surface area contributed by atoms with Gasteiger partial charge in [0, 0.05) is 24.8 Å². The first-order valence-electron chi connectivity index (χ1n) is 7.03. The van der Waals surface area contributed by atoms with E-state index in [-0.39, 0.29) is 17.7 Å². The van der Waals surface area contributed by atoms with Gasteiger partial charge in [-0.25, -0.2) is 0 Å². The summed E-state index contributed by atoms with van der Waals surface area (Å²) in [4.78, 5) is 14.2. The zero-order valence-electron chi connectivity index (χ0n) is 12.1. The van der Waals surface area contributed by atoms with Crippen molar-refractivity contribution in [3.8, 4) is 5.75 Å². The molecule has 1 aromatic rings. The molecular formula is C15H23N3O2. The van der Waals surface area contributed by atoms with E-state index >= 15 is 0 Å². The SMILES string of the molecule is Cc1cc(NC(=O)CN2CCC(N)CC2)c(C)cc1O. The molecule has 1 aromatic carbocycles. The van der Waals surface area contributed by atoms with Gasteiger partial charge in [0.2, 0.25) is 5.91 Å². The summed E-state index contributed by atoms with van der Waals surface area (Å²) in [6.07, 6.45) is 1.90. The summed E-state index contributed by atoms with van der Waals surface area (Å²) < 4.78 is 0. The summed E-state index contributed by atoms with van der Waals surface area (Å²) in [7, 11) is 0. The lowest BCUT2D eigenvalue weighted by Crippen LogP contribution is -2.43. The van der Waals surface area contributed by atoms with Gasteiger partial charge in [-0.3, -0.25) is 9.69 Å². The Bertz CT molecular complexity index is 494. The molecule has 1 fully saturated rings. The Morgan fingerprint density at radius 1 is 1.35 bits per heavy atom. The Hall–Kier alpha value is -1.59. The number of benzene rings is 1. The monoisotopic (exact) mass is 277 g/mol. The number of nitrogens with one attached hydrogen (secondary N) is 1. The van der Waals surface area contributed by atoms with Gasteiger partial charge in [0.15, 0.2) is 0 Å². The van der Waals surface area contributed by atoms with Crippen LogP contribution < -0.4 is 11.1 Å². The topological polar surface area (TPSA) is 78.6 Å². The van der Waals surface area contributed by atoms with Crippen LogP contribution in [0.5, 0.6) is 5.75 Å². The van der Waals surface area contributed by atoms with E-state index in [1.54, 1.807) is 12.1 Å². The molecule has 1 amide bonds. The second-order valence-corrected chi connectivity index (χ2v) is 5.62. The molecular weight excluding hydrogens is 254 g/mol. The minimum atomic E-state index is -0.0198. The van der Waals surface area contributed by atoms with E-state index < -0.39 is 0 Å². The third-order valence-corrected chi connectivity index (χ3v) is 3.82. The Balaban J connectivity index is 1.93. The van der Waals surface area contributed by atoms with Crippen LogP contribution in [0.3, 0.4) is 0 Å². The van der Waals surface area contributed by atoms with Crippen LogP contribution in [0.2, 0.25) is 0 Å². The zero-order chi connectivity index (χ0) is 14.7. The molecule has 0 unspecified atom stereocenters. The standard InChI is InChI=1S/C15H23N3O2/c1-10-8-14(19)11(2)7-13(10)17-15(20)9-18-5-3-12(16)4-6-18/h7-8,12,19H,3-6,9,16H2,1-2H3,(H,17,20). The molecule has 0 aromatic heterocycles. The highest BCUT2D eigenvalue weighted by Crippen LogP contribution is 2.24. The Morgan fingerprint density at radius 2 is 2.00 bits per heavy atom. The number of nitrogens with two attached hydrogens (primary N) is 1. The summed E-state index contributed by atoms with van der Waals surface area (Å²) in [5.74, 6) is 0.235. The molecule has 1 aliphatic rings. The number of carbonyl (C=O) groups is 1. The van der Waals surface area contributed by atoms with Crippen molar-refractivity contribution in [1.29, 1.82) is 0 Å². The number of carbonyl (C=O) groups excluding carboxylic acids is 1. The minimum Gasteiger partial charge on any atom is -0.508 e. The molecule has 2 rings (SSSR count). The molecule has 5 heteroatoms. The predicted octanol–water partition coefficient (Wildman–Crippen LogP) is 1.37. The maximum atomic E-state index is 12.1. The largest absolute Gasteiger partial charge is 0.508 e. The number of phenols is 1. The van der Waals surface area contributed by atoms with Crippen molar-refractivity contribution >= 4 is 11.6 Å². The van der Waals surface area contributed by atoms with Crippen LogP contribution in [-0.4, -0.2) is 41.6 Å². The number of aromatic hydroxyl groups is 1. The first kappa shape index (κ1) is 14.8. The highest BCUT2D eigenvalue weighted by molar-refractivity contribution is 5.93. The highest BCUT2D eigenvalue weighted by atomic mass is 16.3.